The first kappa shape index (κ1) is 20.9. The van der Waals surface area contributed by atoms with Crippen LogP contribution in [-0.4, -0.2) is 22.2 Å². The number of aromatic nitrogens is 1. The molecule has 162 valence electrons. The molecule has 1 aliphatic rings. The summed E-state index contributed by atoms with van der Waals surface area (Å²) in [6.45, 7) is 2.56. The zero-order chi connectivity index (χ0) is 22.4. The van der Waals surface area contributed by atoms with Gasteiger partial charge in [0.25, 0.3) is 0 Å². The second-order valence-corrected chi connectivity index (χ2v) is 9.33. The van der Waals surface area contributed by atoms with Gasteiger partial charge in [-0.1, -0.05) is 57.4 Å². The van der Waals surface area contributed by atoms with Crippen molar-refractivity contribution in [1.82, 2.24) is 9.58 Å². The molecule has 7 heteroatoms. The molecule has 2 N–H and O–H groups in total. The van der Waals surface area contributed by atoms with Gasteiger partial charge in [0.1, 0.15) is 11.8 Å². The summed E-state index contributed by atoms with van der Waals surface area (Å²) in [4.78, 5) is 15.1. The maximum Gasteiger partial charge on any atom is 0.416 e. The van der Waals surface area contributed by atoms with E-state index >= 15 is 0 Å². The number of halogens is 2. The molecule has 0 saturated carbocycles. The van der Waals surface area contributed by atoms with Crippen molar-refractivity contribution in [1.29, 1.82) is 0 Å². The molecule has 0 aliphatic carbocycles. The summed E-state index contributed by atoms with van der Waals surface area (Å²) in [5.74, 6) is 7.06. The van der Waals surface area contributed by atoms with Crippen LogP contribution in [-0.2, 0) is 6.42 Å². The minimum atomic E-state index is -0.421. The maximum absolute atomic E-state index is 13.3. The second-order valence-electron chi connectivity index (χ2n) is 7.97. The second kappa shape index (κ2) is 8.19. The molecule has 2 heterocycles. The molecule has 5 nitrogen and oxygen atoms in total. The van der Waals surface area contributed by atoms with Gasteiger partial charge in [-0.3, -0.25) is 9.58 Å². The fourth-order valence-electron chi connectivity index (χ4n) is 4.39. The molecule has 1 amide bonds. The van der Waals surface area contributed by atoms with Crippen LogP contribution < -0.4 is 10.6 Å². The molecule has 1 unspecified atom stereocenters. The molecular formula is C25H21BrClN3O2. The normalized spacial score (nSPS) is 15.6. The molecule has 0 bridgehead atoms. The molecule has 0 fully saturated rings. The number of carbonyl (C=O) groups excluding carboxylic acids is 1. The maximum atomic E-state index is 13.3. The number of nitrogens with two attached hydrogens (primary N) is 1. The van der Waals surface area contributed by atoms with Gasteiger partial charge in [0.05, 0.1) is 11.2 Å². The number of ether oxygens (including phenoxy) is 1. The fourth-order valence-corrected chi connectivity index (χ4v) is 4.87. The highest BCUT2D eigenvalue weighted by Gasteiger charge is 2.37. The molecule has 0 spiro atoms. The first-order valence-corrected chi connectivity index (χ1v) is 11.5. The SMILES string of the molecule is Cc1ccc(C2c3c(c4cc(Br)ccc4n3N)CCN2C(=O)Oc2ccc(Cl)cc2)cc1. The van der Waals surface area contributed by atoms with Crippen LogP contribution in [0.1, 0.15) is 28.4 Å². The van der Waals surface area contributed by atoms with Gasteiger partial charge in [-0.05, 0) is 66.9 Å². The van der Waals surface area contributed by atoms with Gasteiger partial charge >= 0.3 is 6.09 Å². The van der Waals surface area contributed by atoms with Crippen LogP contribution in [0.5, 0.6) is 5.75 Å². The van der Waals surface area contributed by atoms with Crippen molar-refractivity contribution in [2.45, 2.75) is 19.4 Å². The van der Waals surface area contributed by atoms with Crippen LogP contribution in [0.3, 0.4) is 0 Å². The molecule has 0 radical (unpaired) electrons. The van der Waals surface area contributed by atoms with Crippen molar-refractivity contribution >= 4 is 44.5 Å². The van der Waals surface area contributed by atoms with Crippen LogP contribution >= 0.6 is 27.5 Å². The fraction of sp³-hybridized carbons (Fsp3) is 0.160. The van der Waals surface area contributed by atoms with Gasteiger partial charge in [-0.2, -0.15) is 0 Å². The highest BCUT2D eigenvalue weighted by atomic mass is 79.9. The van der Waals surface area contributed by atoms with E-state index < -0.39 is 6.09 Å². The number of rotatable bonds is 2. The Morgan fingerprint density at radius 2 is 1.81 bits per heavy atom. The number of hydrogen-bond acceptors (Lipinski definition) is 3. The number of carbonyl (C=O) groups is 1. The standard InChI is InChI=1S/C25H21BrClN3O2/c1-15-2-4-16(5-3-15)23-24-20(21-14-17(26)6-11-22(21)30(24)28)12-13-29(23)25(31)32-19-9-7-18(27)8-10-19/h2-11,14,23H,12-13,28H2,1H3. The highest BCUT2D eigenvalue weighted by molar-refractivity contribution is 9.10. The molecule has 1 atom stereocenters. The van der Waals surface area contributed by atoms with Crippen molar-refractivity contribution in [3.63, 3.8) is 0 Å². The predicted molar refractivity (Wildman–Crippen MR) is 131 cm³/mol. The third-order valence-corrected chi connectivity index (χ3v) is 6.68. The number of benzene rings is 3. The first-order chi connectivity index (χ1) is 15.4. The minimum Gasteiger partial charge on any atom is -0.410 e. The Balaban J connectivity index is 1.62. The van der Waals surface area contributed by atoms with E-state index in [1.165, 1.54) is 0 Å². The summed E-state index contributed by atoms with van der Waals surface area (Å²) >= 11 is 9.54. The Morgan fingerprint density at radius 1 is 1.09 bits per heavy atom. The number of aryl methyl sites for hydroxylation is 1. The molecule has 3 aromatic carbocycles. The van der Waals surface area contributed by atoms with Crippen LogP contribution in [0, 0.1) is 6.92 Å². The Morgan fingerprint density at radius 3 is 2.53 bits per heavy atom. The highest BCUT2D eigenvalue weighted by Crippen LogP contribution is 2.40. The summed E-state index contributed by atoms with van der Waals surface area (Å²) < 4.78 is 8.41. The van der Waals surface area contributed by atoms with Gasteiger partial charge in [-0.25, -0.2) is 4.79 Å². The molecule has 5 rings (SSSR count). The third kappa shape index (κ3) is 3.63. The average Bonchev–Trinajstić information content (AvgIpc) is 3.07. The largest absolute Gasteiger partial charge is 0.416 e. The predicted octanol–water partition coefficient (Wildman–Crippen LogP) is 6.23. The Bertz CT molecular complexity index is 1320. The first-order valence-electron chi connectivity index (χ1n) is 10.3. The Hall–Kier alpha value is -2.96. The van der Waals surface area contributed by atoms with E-state index in [2.05, 4.69) is 22.0 Å². The van der Waals surface area contributed by atoms with E-state index in [0.29, 0.717) is 23.7 Å². The van der Waals surface area contributed by atoms with E-state index in [1.807, 2.05) is 43.3 Å². The average molecular weight is 511 g/mol. The van der Waals surface area contributed by atoms with Crippen molar-refractivity contribution < 1.29 is 9.53 Å². The molecule has 1 aromatic heterocycles. The zero-order valence-electron chi connectivity index (χ0n) is 17.4. The van der Waals surface area contributed by atoms with E-state index in [4.69, 9.17) is 22.2 Å². The van der Waals surface area contributed by atoms with Gasteiger partial charge in [0.15, 0.2) is 0 Å². The van der Waals surface area contributed by atoms with Gasteiger partial charge in [-0.15, -0.1) is 0 Å². The lowest BCUT2D eigenvalue weighted by Gasteiger charge is -2.36. The van der Waals surface area contributed by atoms with Crippen molar-refractivity contribution in [2.24, 2.45) is 0 Å². The lowest BCUT2D eigenvalue weighted by Crippen LogP contribution is -2.43. The summed E-state index contributed by atoms with van der Waals surface area (Å²) in [6.07, 6.45) is 0.264. The van der Waals surface area contributed by atoms with Crippen molar-refractivity contribution in [3.05, 3.63) is 98.6 Å². The summed E-state index contributed by atoms with van der Waals surface area (Å²) in [7, 11) is 0. The van der Waals surface area contributed by atoms with E-state index in [1.54, 1.807) is 33.8 Å². The number of fused-ring (bicyclic) bond motifs is 3. The van der Waals surface area contributed by atoms with Gasteiger partial charge < -0.3 is 10.6 Å². The van der Waals surface area contributed by atoms with E-state index in [-0.39, 0.29) is 6.04 Å². The van der Waals surface area contributed by atoms with E-state index in [9.17, 15) is 4.79 Å². The van der Waals surface area contributed by atoms with Gasteiger partial charge in [0, 0.05) is 21.4 Å². The van der Waals surface area contributed by atoms with Crippen molar-refractivity contribution in [3.8, 4) is 5.75 Å². The third-order valence-electron chi connectivity index (χ3n) is 5.93. The smallest absolute Gasteiger partial charge is 0.410 e. The molecule has 32 heavy (non-hydrogen) atoms. The summed E-state index contributed by atoms with van der Waals surface area (Å²) in [6, 6.07) is 20.7. The number of nitrogens with zero attached hydrogens (tertiary/aromatic N) is 2. The zero-order valence-corrected chi connectivity index (χ0v) is 19.7. The lowest BCUT2D eigenvalue weighted by molar-refractivity contribution is 0.134. The van der Waals surface area contributed by atoms with Crippen LogP contribution in [0.25, 0.3) is 10.9 Å². The number of hydrogen-bond donors (Lipinski definition) is 1. The minimum absolute atomic E-state index is 0.365. The van der Waals surface area contributed by atoms with Crippen LogP contribution in [0.15, 0.2) is 71.2 Å². The van der Waals surface area contributed by atoms with Crippen LogP contribution in [0.4, 0.5) is 4.79 Å². The summed E-state index contributed by atoms with van der Waals surface area (Å²) in [5, 5.41) is 1.68. The van der Waals surface area contributed by atoms with Crippen LogP contribution in [0.2, 0.25) is 5.02 Å². The summed E-state index contributed by atoms with van der Waals surface area (Å²) in [5.41, 5.74) is 5.13. The molecule has 1 aliphatic heterocycles. The molecule has 4 aromatic rings. The Labute approximate surface area is 199 Å². The lowest BCUT2D eigenvalue weighted by atomic mass is 9.92. The monoisotopic (exact) mass is 509 g/mol. The number of amides is 1. The van der Waals surface area contributed by atoms with Crippen molar-refractivity contribution in [2.75, 3.05) is 12.4 Å². The Kier molecular flexibility index (Phi) is 5.35. The molecular weight excluding hydrogens is 490 g/mol. The van der Waals surface area contributed by atoms with Gasteiger partial charge in [0.2, 0.25) is 0 Å². The molecule has 0 saturated heterocycles. The number of nitrogen functional groups attached to an aromatic ring is 1. The topological polar surface area (TPSA) is 60.5 Å². The van der Waals surface area contributed by atoms with E-state index in [0.717, 1.165) is 37.8 Å². The quantitative estimate of drug-likeness (QED) is 0.325.